The maximum atomic E-state index is 13.2. The van der Waals surface area contributed by atoms with E-state index in [2.05, 4.69) is 10.6 Å². The molecule has 0 heterocycles. The van der Waals surface area contributed by atoms with Gasteiger partial charge in [0.2, 0.25) is 5.91 Å². The fourth-order valence-electron chi connectivity index (χ4n) is 1.47. The molecule has 1 amide bonds. The average molecular weight is 222 g/mol. The lowest BCUT2D eigenvalue weighted by atomic mass is 10.3. The van der Waals surface area contributed by atoms with E-state index in [1.165, 1.54) is 18.9 Å². The predicted molar refractivity (Wildman–Crippen MR) is 60.6 cm³/mol. The summed E-state index contributed by atoms with van der Waals surface area (Å²) in [5.74, 6) is 0.130. The summed E-state index contributed by atoms with van der Waals surface area (Å²) >= 11 is 0. The topological polar surface area (TPSA) is 41.1 Å². The number of nitrogens with one attached hydrogen (secondary N) is 2. The number of anilines is 1. The molecule has 0 saturated heterocycles. The third-order valence-electron chi connectivity index (χ3n) is 2.56. The standard InChI is InChI=1S/C12H15FN2O/c13-10-3-1-2-4-11(10)15-12(16)8-14-7-9-5-6-9/h1-4,9,14H,5-8H2,(H,15,16). The van der Waals surface area contributed by atoms with Gasteiger partial charge in [0.25, 0.3) is 0 Å². The highest BCUT2D eigenvalue weighted by atomic mass is 19.1. The zero-order valence-corrected chi connectivity index (χ0v) is 9.00. The normalized spacial score (nSPS) is 14.8. The number of amides is 1. The number of hydrogen-bond donors (Lipinski definition) is 2. The van der Waals surface area contributed by atoms with Crippen molar-refractivity contribution in [1.82, 2.24) is 5.32 Å². The van der Waals surface area contributed by atoms with E-state index >= 15 is 0 Å². The van der Waals surface area contributed by atoms with Gasteiger partial charge in [-0.25, -0.2) is 4.39 Å². The van der Waals surface area contributed by atoms with E-state index in [1.807, 2.05) is 0 Å². The lowest BCUT2D eigenvalue weighted by Crippen LogP contribution is -2.29. The van der Waals surface area contributed by atoms with E-state index in [0.717, 1.165) is 12.5 Å². The first-order valence-electron chi connectivity index (χ1n) is 5.51. The van der Waals surface area contributed by atoms with Gasteiger partial charge in [0.15, 0.2) is 0 Å². The first kappa shape index (κ1) is 11.1. The van der Waals surface area contributed by atoms with Crippen molar-refractivity contribution in [3.8, 4) is 0 Å². The quantitative estimate of drug-likeness (QED) is 0.797. The molecule has 16 heavy (non-hydrogen) atoms. The van der Waals surface area contributed by atoms with Crippen LogP contribution in [0.25, 0.3) is 0 Å². The Morgan fingerprint density at radius 3 is 2.81 bits per heavy atom. The van der Waals surface area contributed by atoms with Crippen molar-refractivity contribution < 1.29 is 9.18 Å². The molecule has 0 radical (unpaired) electrons. The van der Waals surface area contributed by atoms with Gasteiger partial charge in [-0.2, -0.15) is 0 Å². The second kappa shape index (κ2) is 5.07. The molecule has 1 aromatic rings. The number of carbonyl (C=O) groups is 1. The van der Waals surface area contributed by atoms with Crippen molar-refractivity contribution in [2.45, 2.75) is 12.8 Å². The molecule has 0 aromatic heterocycles. The van der Waals surface area contributed by atoms with Gasteiger partial charge < -0.3 is 10.6 Å². The molecule has 1 saturated carbocycles. The molecule has 0 atom stereocenters. The van der Waals surface area contributed by atoms with Crippen molar-refractivity contribution in [1.29, 1.82) is 0 Å². The summed E-state index contributed by atoms with van der Waals surface area (Å²) < 4.78 is 13.2. The van der Waals surface area contributed by atoms with Crippen LogP contribution in [-0.4, -0.2) is 19.0 Å². The summed E-state index contributed by atoms with van der Waals surface area (Å²) in [5.41, 5.74) is 0.237. The first-order chi connectivity index (χ1) is 7.75. The second-order valence-electron chi connectivity index (χ2n) is 4.10. The van der Waals surface area contributed by atoms with Crippen molar-refractivity contribution in [3.63, 3.8) is 0 Å². The van der Waals surface area contributed by atoms with Gasteiger partial charge in [-0.3, -0.25) is 4.79 Å². The monoisotopic (exact) mass is 222 g/mol. The molecule has 2 N–H and O–H groups in total. The van der Waals surface area contributed by atoms with E-state index in [1.54, 1.807) is 18.2 Å². The van der Waals surface area contributed by atoms with Crippen molar-refractivity contribution in [3.05, 3.63) is 30.1 Å². The number of rotatable bonds is 5. The summed E-state index contributed by atoms with van der Waals surface area (Å²) in [6, 6.07) is 6.16. The Morgan fingerprint density at radius 2 is 2.12 bits per heavy atom. The Morgan fingerprint density at radius 1 is 1.38 bits per heavy atom. The Labute approximate surface area is 94.0 Å². The Kier molecular flexibility index (Phi) is 3.51. The largest absolute Gasteiger partial charge is 0.322 e. The van der Waals surface area contributed by atoms with Crippen LogP contribution in [-0.2, 0) is 4.79 Å². The molecule has 86 valence electrons. The molecule has 4 heteroatoms. The number of halogens is 1. The Bertz CT molecular complexity index is 377. The zero-order chi connectivity index (χ0) is 11.4. The van der Waals surface area contributed by atoms with E-state index < -0.39 is 5.82 Å². The minimum Gasteiger partial charge on any atom is -0.322 e. The summed E-state index contributed by atoms with van der Waals surface area (Å²) in [6.45, 7) is 1.12. The summed E-state index contributed by atoms with van der Waals surface area (Å²) in [6.07, 6.45) is 2.50. The molecule has 1 aliphatic rings. The average Bonchev–Trinajstić information content (AvgIpc) is 3.05. The lowest BCUT2D eigenvalue weighted by molar-refractivity contribution is -0.115. The maximum absolute atomic E-state index is 13.2. The van der Waals surface area contributed by atoms with E-state index in [-0.39, 0.29) is 18.1 Å². The van der Waals surface area contributed by atoms with Crippen LogP contribution in [0.3, 0.4) is 0 Å². The Balaban J connectivity index is 1.75. The molecule has 0 bridgehead atoms. The second-order valence-corrected chi connectivity index (χ2v) is 4.10. The van der Waals surface area contributed by atoms with Crippen LogP contribution in [0.2, 0.25) is 0 Å². The van der Waals surface area contributed by atoms with Gasteiger partial charge in [0.05, 0.1) is 12.2 Å². The van der Waals surface area contributed by atoms with Gasteiger partial charge in [-0.1, -0.05) is 12.1 Å². The first-order valence-corrected chi connectivity index (χ1v) is 5.51. The molecule has 0 spiro atoms. The van der Waals surface area contributed by atoms with Crippen LogP contribution in [0.4, 0.5) is 10.1 Å². The highest BCUT2D eigenvalue weighted by Crippen LogP contribution is 2.27. The van der Waals surface area contributed by atoms with Gasteiger partial charge >= 0.3 is 0 Å². The highest BCUT2D eigenvalue weighted by molar-refractivity contribution is 5.92. The number of carbonyl (C=O) groups excluding carboxylic acids is 1. The number of benzene rings is 1. The van der Waals surface area contributed by atoms with Crippen LogP contribution in [0, 0.1) is 11.7 Å². The lowest BCUT2D eigenvalue weighted by Gasteiger charge is -2.06. The van der Waals surface area contributed by atoms with E-state index in [0.29, 0.717) is 0 Å². The van der Waals surface area contributed by atoms with Gasteiger partial charge in [-0.15, -0.1) is 0 Å². The zero-order valence-electron chi connectivity index (χ0n) is 9.00. The highest BCUT2D eigenvalue weighted by Gasteiger charge is 2.20. The molecule has 2 rings (SSSR count). The minimum atomic E-state index is -0.405. The van der Waals surface area contributed by atoms with E-state index in [9.17, 15) is 9.18 Å². The third kappa shape index (κ3) is 3.31. The van der Waals surface area contributed by atoms with Crippen molar-refractivity contribution in [2.75, 3.05) is 18.4 Å². The maximum Gasteiger partial charge on any atom is 0.238 e. The van der Waals surface area contributed by atoms with Gasteiger partial charge in [0.1, 0.15) is 5.82 Å². The van der Waals surface area contributed by atoms with Crippen LogP contribution < -0.4 is 10.6 Å². The summed E-state index contributed by atoms with van der Waals surface area (Å²) in [7, 11) is 0. The van der Waals surface area contributed by atoms with Gasteiger partial charge in [0, 0.05) is 0 Å². The van der Waals surface area contributed by atoms with Crippen LogP contribution in [0.1, 0.15) is 12.8 Å². The van der Waals surface area contributed by atoms with Gasteiger partial charge in [-0.05, 0) is 37.4 Å². The molecular formula is C12H15FN2O. The van der Waals surface area contributed by atoms with Crippen LogP contribution >= 0.6 is 0 Å². The fraction of sp³-hybridized carbons (Fsp3) is 0.417. The van der Waals surface area contributed by atoms with E-state index in [4.69, 9.17) is 0 Å². The predicted octanol–water partition coefficient (Wildman–Crippen LogP) is 1.76. The molecule has 0 aliphatic heterocycles. The summed E-state index contributed by atoms with van der Waals surface area (Å²) in [5, 5.41) is 5.58. The number of para-hydroxylation sites is 1. The van der Waals surface area contributed by atoms with Crippen LogP contribution in [0.15, 0.2) is 24.3 Å². The number of hydrogen-bond acceptors (Lipinski definition) is 2. The Hall–Kier alpha value is -1.42. The fourth-order valence-corrected chi connectivity index (χ4v) is 1.47. The molecule has 3 nitrogen and oxygen atoms in total. The van der Waals surface area contributed by atoms with Crippen molar-refractivity contribution in [2.24, 2.45) is 5.92 Å². The minimum absolute atomic E-state index is 0.203. The third-order valence-corrected chi connectivity index (χ3v) is 2.56. The van der Waals surface area contributed by atoms with Crippen molar-refractivity contribution >= 4 is 11.6 Å². The molecular weight excluding hydrogens is 207 g/mol. The molecule has 1 aliphatic carbocycles. The molecule has 1 fully saturated rings. The SMILES string of the molecule is O=C(CNCC1CC1)Nc1ccccc1F. The smallest absolute Gasteiger partial charge is 0.238 e. The summed E-state index contributed by atoms with van der Waals surface area (Å²) in [4.78, 5) is 11.4. The molecule has 0 unspecified atom stereocenters. The van der Waals surface area contributed by atoms with Crippen LogP contribution in [0.5, 0.6) is 0 Å². The molecule has 1 aromatic carbocycles.